The number of ether oxygens (including phenoxy) is 1. The summed E-state index contributed by atoms with van der Waals surface area (Å²) in [5.74, 6) is -0.505. The van der Waals surface area contributed by atoms with Gasteiger partial charge in [-0.15, -0.1) is 0 Å². The van der Waals surface area contributed by atoms with Crippen LogP contribution in [0, 0.1) is 5.82 Å². The van der Waals surface area contributed by atoms with Crippen LogP contribution in [0.1, 0.15) is 17.0 Å². The van der Waals surface area contributed by atoms with Gasteiger partial charge in [-0.2, -0.15) is 0 Å². The van der Waals surface area contributed by atoms with Crippen molar-refractivity contribution < 1.29 is 18.3 Å². The zero-order chi connectivity index (χ0) is 12.8. The minimum atomic E-state index is -1.02. The molecule has 4 nitrogen and oxygen atoms in total. The Labute approximate surface area is 103 Å². The number of carbonyl (C=O) groups excluding carboxylic acids is 1. The minimum Gasteiger partial charge on any atom is -0.453 e. The minimum absolute atomic E-state index is 0.156. The average molecular weight is 249 g/mol. The molecule has 18 heavy (non-hydrogen) atoms. The lowest BCUT2D eigenvalue weighted by Crippen LogP contribution is -2.48. The van der Waals surface area contributed by atoms with Gasteiger partial charge in [-0.1, -0.05) is 0 Å². The van der Waals surface area contributed by atoms with E-state index < -0.39 is 5.54 Å². The highest BCUT2D eigenvalue weighted by molar-refractivity contribution is 6.03. The standard InChI is InChI=1S/C13H12FNO3/c14-9-1-2-10-8(5-9)6-11(18-10)12(16)13(15)3-4-17-7-13/h1-2,5-6H,3-4,7,15H2. The Morgan fingerprint density at radius 2 is 2.22 bits per heavy atom. The van der Waals surface area contributed by atoms with Gasteiger partial charge in [0.15, 0.2) is 5.76 Å². The van der Waals surface area contributed by atoms with Crippen molar-refractivity contribution in [3.63, 3.8) is 0 Å². The molecule has 1 fully saturated rings. The molecule has 1 aromatic heterocycles. The maximum atomic E-state index is 13.1. The first-order valence-corrected chi connectivity index (χ1v) is 5.69. The molecule has 94 valence electrons. The van der Waals surface area contributed by atoms with Crippen LogP contribution < -0.4 is 5.73 Å². The van der Waals surface area contributed by atoms with E-state index in [9.17, 15) is 9.18 Å². The molecule has 5 heteroatoms. The van der Waals surface area contributed by atoms with E-state index >= 15 is 0 Å². The number of ketones is 1. The fourth-order valence-electron chi connectivity index (χ4n) is 2.13. The van der Waals surface area contributed by atoms with Crippen LogP contribution in [0.4, 0.5) is 4.39 Å². The molecule has 1 unspecified atom stereocenters. The summed E-state index contributed by atoms with van der Waals surface area (Å²) in [6.07, 6.45) is 0.469. The van der Waals surface area contributed by atoms with Crippen molar-refractivity contribution in [3.8, 4) is 0 Å². The molecule has 0 aliphatic carbocycles. The summed E-state index contributed by atoms with van der Waals surface area (Å²) in [6, 6.07) is 5.63. The Kier molecular flexibility index (Phi) is 2.46. The predicted molar refractivity (Wildman–Crippen MR) is 62.9 cm³/mol. The normalized spacial score (nSPS) is 23.7. The molecule has 0 spiro atoms. The SMILES string of the molecule is NC1(C(=O)c2cc3cc(F)ccc3o2)CCOC1. The van der Waals surface area contributed by atoms with E-state index in [2.05, 4.69) is 0 Å². The number of halogens is 1. The van der Waals surface area contributed by atoms with Gasteiger partial charge in [-0.3, -0.25) is 4.79 Å². The molecule has 1 aliphatic rings. The van der Waals surface area contributed by atoms with Crippen LogP contribution >= 0.6 is 0 Å². The monoisotopic (exact) mass is 249 g/mol. The third-order valence-electron chi connectivity index (χ3n) is 3.21. The van der Waals surface area contributed by atoms with E-state index in [-0.39, 0.29) is 24.0 Å². The lowest BCUT2D eigenvalue weighted by molar-refractivity contribution is 0.0836. The van der Waals surface area contributed by atoms with Crippen LogP contribution in [0.3, 0.4) is 0 Å². The predicted octanol–water partition coefficient (Wildman–Crippen LogP) is 1.87. The zero-order valence-corrected chi connectivity index (χ0v) is 9.61. The van der Waals surface area contributed by atoms with Gasteiger partial charge in [-0.25, -0.2) is 4.39 Å². The fraction of sp³-hybridized carbons (Fsp3) is 0.308. The van der Waals surface area contributed by atoms with Crippen molar-refractivity contribution in [2.45, 2.75) is 12.0 Å². The van der Waals surface area contributed by atoms with Crippen molar-refractivity contribution in [2.75, 3.05) is 13.2 Å². The van der Waals surface area contributed by atoms with Gasteiger partial charge in [0, 0.05) is 12.0 Å². The Bertz CT molecular complexity index is 614. The van der Waals surface area contributed by atoms with E-state index in [1.54, 1.807) is 0 Å². The maximum absolute atomic E-state index is 13.1. The highest BCUT2D eigenvalue weighted by Gasteiger charge is 2.40. The van der Waals surface area contributed by atoms with Crippen molar-refractivity contribution in [1.29, 1.82) is 0 Å². The first-order chi connectivity index (χ1) is 8.58. The molecule has 3 rings (SSSR count). The summed E-state index contributed by atoms with van der Waals surface area (Å²) in [5, 5.41) is 0.556. The summed E-state index contributed by atoms with van der Waals surface area (Å²) in [7, 11) is 0. The fourth-order valence-corrected chi connectivity index (χ4v) is 2.13. The first kappa shape index (κ1) is 11.4. The summed E-state index contributed by atoms with van der Waals surface area (Å²) in [5.41, 5.74) is 5.43. The van der Waals surface area contributed by atoms with Gasteiger partial charge in [0.2, 0.25) is 5.78 Å². The Balaban J connectivity index is 2.01. The Morgan fingerprint density at radius 3 is 2.94 bits per heavy atom. The number of hydrogen-bond acceptors (Lipinski definition) is 4. The van der Waals surface area contributed by atoms with Gasteiger partial charge in [0.1, 0.15) is 16.9 Å². The van der Waals surface area contributed by atoms with E-state index in [1.807, 2.05) is 0 Å². The van der Waals surface area contributed by atoms with Gasteiger partial charge in [0.25, 0.3) is 0 Å². The number of rotatable bonds is 2. The van der Waals surface area contributed by atoms with Crippen LogP contribution in [0.25, 0.3) is 11.0 Å². The summed E-state index contributed by atoms with van der Waals surface area (Å²) < 4.78 is 23.6. The first-order valence-electron chi connectivity index (χ1n) is 5.69. The second-order valence-corrected chi connectivity index (χ2v) is 4.58. The Hall–Kier alpha value is -1.72. The molecule has 1 saturated heterocycles. The van der Waals surface area contributed by atoms with Crippen molar-refractivity contribution in [3.05, 3.63) is 35.8 Å². The highest BCUT2D eigenvalue weighted by atomic mass is 19.1. The van der Waals surface area contributed by atoms with Crippen LogP contribution in [0.2, 0.25) is 0 Å². The van der Waals surface area contributed by atoms with E-state index in [0.717, 1.165) is 0 Å². The van der Waals surface area contributed by atoms with Gasteiger partial charge in [0.05, 0.1) is 6.61 Å². The molecule has 1 atom stereocenters. The largest absolute Gasteiger partial charge is 0.453 e. The molecule has 2 aromatic rings. The summed E-state index contributed by atoms with van der Waals surface area (Å²) in [4.78, 5) is 12.2. The lowest BCUT2D eigenvalue weighted by atomic mass is 9.93. The highest BCUT2D eigenvalue weighted by Crippen LogP contribution is 2.26. The number of Topliss-reactive ketones (excluding diaryl/α,β-unsaturated/α-hetero) is 1. The molecular weight excluding hydrogens is 237 g/mol. The van der Waals surface area contributed by atoms with Gasteiger partial charge >= 0.3 is 0 Å². The summed E-state index contributed by atoms with van der Waals surface area (Å²) in [6.45, 7) is 0.661. The number of hydrogen-bond donors (Lipinski definition) is 1. The second-order valence-electron chi connectivity index (χ2n) is 4.58. The smallest absolute Gasteiger partial charge is 0.220 e. The molecule has 2 N–H and O–H groups in total. The van der Waals surface area contributed by atoms with Crippen LogP contribution in [0.5, 0.6) is 0 Å². The van der Waals surface area contributed by atoms with E-state index in [1.165, 1.54) is 24.3 Å². The van der Waals surface area contributed by atoms with E-state index in [0.29, 0.717) is 24.0 Å². The van der Waals surface area contributed by atoms with Crippen molar-refractivity contribution >= 4 is 16.8 Å². The molecule has 0 radical (unpaired) electrons. The molecule has 0 amide bonds. The molecule has 1 aromatic carbocycles. The van der Waals surface area contributed by atoms with Crippen LogP contribution in [-0.4, -0.2) is 24.5 Å². The van der Waals surface area contributed by atoms with Gasteiger partial charge < -0.3 is 14.9 Å². The van der Waals surface area contributed by atoms with Crippen LogP contribution in [-0.2, 0) is 4.74 Å². The number of benzene rings is 1. The Morgan fingerprint density at radius 1 is 1.39 bits per heavy atom. The third-order valence-corrected chi connectivity index (χ3v) is 3.21. The van der Waals surface area contributed by atoms with E-state index in [4.69, 9.17) is 14.9 Å². The molecule has 2 heterocycles. The number of carbonyl (C=O) groups is 1. The lowest BCUT2D eigenvalue weighted by Gasteiger charge is -2.17. The number of furan rings is 1. The summed E-state index contributed by atoms with van der Waals surface area (Å²) >= 11 is 0. The molecule has 0 saturated carbocycles. The van der Waals surface area contributed by atoms with Gasteiger partial charge in [-0.05, 0) is 30.7 Å². The maximum Gasteiger partial charge on any atom is 0.220 e. The number of nitrogens with two attached hydrogens (primary N) is 1. The van der Waals surface area contributed by atoms with Crippen molar-refractivity contribution in [1.82, 2.24) is 0 Å². The molecule has 1 aliphatic heterocycles. The third kappa shape index (κ3) is 1.72. The second kappa shape index (κ2) is 3.90. The average Bonchev–Trinajstić information content (AvgIpc) is 2.94. The topological polar surface area (TPSA) is 65.5 Å². The van der Waals surface area contributed by atoms with Crippen molar-refractivity contribution in [2.24, 2.45) is 5.73 Å². The quantitative estimate of drug-likeness (QED) is 0.825. The zero-order valence-electron chi connectivity index (χ0n) is 9.61. The molecular formula is C13H12FNO3. The number of fused-ring (bicyclic) bond motifs is 1. The molecule has 0 bridgehead atoms. The van der Waals surface area contributed by atoms with Crippen LogP contribution in [0.15, 0.2) is 28.7 Å².